The highest BCUT2D eigenvalue weighted by molar-refractivity contribution is 9.09. The molecule has 1 fully saturated rings. The molecule has 0 aromatic carbocycles. The third-order valence-corrected chi connectivity index (χ3v) is 3.35. The number of halogens is 1. The highest BCUT2D eigenvalue weighted by atomic mass is 79.9. The van der Waals surface area contributed by atoms with Gasteiger partial charge in [-0.3, -0.25) is 0 Å². The molecule has 0 aliphatic heterocycles. The minimum Gasteiger partial charge on any atom is -0.304 e. The van der Waals surface area contributed by atoms with Crippen LogP contribution in [0.15, 0.2) is 0 Å². The lowest BCUT2D eigenvalue weighted by Crippen LogP contribution is -2.37. The van der Waals surface area contributed by atoms with Gasteiger partial charge in [-0.05, 0) is 39.7 Å². The van der Waals surface area contributed by atoms with E-state index in [0.29, 0.717) is 6.04 Å². The average molecular weight is 220 g/mol. The molecule has 1 saturated carbocycles. The van der Waals surface area contributed by atoms with E-state index in [-0.39, 0.29) is 0 Å². The molecule has 11 heavy (non-hydrogen) atoms. The number of hydrogen-bond donors (Lipinski definition) is 0. The Kier molecular flexibility index (Phi) is 3.38. The Morgan fingerprint density at radius 1 is 1.45 bits per heavy atom. The molecule has 0 atom stereocenters. The summed E-state index contributed by atoms with van der Waals surface area (Å²) in [5.41, 5.74) is 0. The van der Waals surface area contributed by atoms with Crippen molar-refractivity contribution in [2.75, 3.05) is 13.6 Å². The molecule has 1 aliphatic carbocycles. The van der Waals surface area contributed by atoms with Gasteiger partial charge in [-0.1, -0.05) is 15.9 Å². The van der Waals surface area contributed by atoms with Crippen molar-refractivity contribution in [1.82, 2.24) is 4.90 Å². The van der Waals surface area contributed by atoms with Gasteiger partial charge in [-0.15, -0.1) is 0 Å². The average Bonchev–Trinajstić information content (AvgIpc) is 1.84. The second kappa shape index (κ2) is 3.90. The van der Waals surface area contributed by atoms with Gasteiger partial charge in [0.25, 0.3) is 0 Å². The lowest BCUT2D eigenvalue weighted by molar-refractivity contribution is 0.183. The van der Waals surface area contributed by atoms with Crippen LogP contribution in [0.25, 0.3) is 0 Å². The maximum atomic E-state index is 3.61. The molecule has 66 valence electrons. The summed E-state index contributed by atoms with van der Waals surface area (Å²) in [5.74, 6) is 0.951. The van der Waals surface area contributed by atoms with Gasteiger partial charge in [-0.25, -0.2) is 0 Å². The van der Waals surface area contributed by atoms with E-state index in [1.807, 2.05) is 0 Å². The summed E-state index contributed by atoms with van der Waals surface area (Å²) in [6, 6.07) is 0.698. The van der Waals surface area contributed by atoms with E-state index in [4.69, 9.17) is 0 Å². The maximum absolute atomic E-state index is 3.61. The Hall–Kier alpha value is 0.440. The van der Waals surface area contributed by atoms with Gasteiger partial charge >= 0.3 is 0 Å². The van der Waals surface area contributed by atoms with Gasteiger partial charge < -0.3 is 4.90 Å². The third-order valence-electron chi connectivity index (χ3n) is 2.61. The first-order valence-electron chi connectivity index (χ1n) is 4.44. The van der Waals surface area contributed by atoms with Crippen LogP contribution in [0.2, 0.25) is 0 Å². The Morgan fingerprint density at radius 3 is 2.36 bits per heavy atom. The lowest BCUT2D eigenvalue weighted by Gasteiger charge is -2.35. The van der Waals surface area contributed by atoms with Gasteiger partial charge in [0.15, 0.2) is 0 Å². The largest absolute Gasteiger partial charge is 0.304 e. The summed E-state index contributed by atoms with van der Waals surface area (Å²) in [7, 11) is 2.21. The van der Waals surface area contributed by atoms with Crippen molar-refractivity contribution >= 4 is 15.9 Å². The van der Waals surface area contributed by atoms with E-state index in [1.165, 1.54) is 19.4 Å². The summed E-state index contributed by atoms with van der Waals surface area (Å²) in [6.07, 6.45) is 2.74. The number of rotatable bonds is 3. The summed E-state index contributed by atoms with van der Waals surface area (Å²) in [6.45, 7) is 5.79. The van der Waals surface area contributed by atoms with E-state index in [9.17, 15) is 0 Å². The van der Waals surface area contributed by atoms with Gasteiger partial charge in [0.05, 0.1) is 0 Å². The van der Waals surface area contributed by atoms with Gasteiger partial charge in [0, 0.05) is 17.4 Å². The second-order valence-electron chi connectivity index (χ2n) is 3.97. The van der Waals surface area contributed by atoms with Crippen LogP contribution in [0.3, 0.4) is 0 Å². The first-order valence-corrected chi connectivity index (χ1v) is 5.35. The van der Waals surface area contributed by atoms with Crippen molar-refractivity contribution in [2.24, 2.45) is 5.92 Å². The molecule has 0 saturated heterocycles. The lowest BCUT2D eigenvalue weighted by atomic mass is 9.85. The first kappa shape index (κ1) is 9.53. The standard InChI is InChI=1S/C9H18BrN/c1-7(2)11(3)6-8-4-9(10)5-8/h7-9H,4-6H2,1-3H3. The fraction of sp³-hybridized carbons (Fsp3) is 1.00. The summed E-state index contributed by atoms with van der Waals surface area (Å²) < 4.78 is 0. The Balaban J connectivity index is 2.11. The third kappa shape index (κ3) is 2.75. The van der Waals surface area contributed by atoms with Crippen LogP contribution in [0.4, 0.5) is 0 Å². The number of alkyl halides is 1. The van der Waals surface area contributed by atoms with Crippen LogP contribution in [0.5, 0.6) is 0 Å². The predicted octanol–water partition coefficient (Wildman–Crippen LogP) is 2.50. The highest BCUT2D eigenvalue weighted by Crippen LogP contribution is 2.33. The van der Waals surface area contributed by atoms with Crippen LogP contribution < -0.4 is 0 Å². The second-order valence-corrected chi connectivity index (χ2v) is 5.26. The molecule has 0 N–H and O–H groups in total. The maximum Gasteiger partial charge on any atom is 0.0152 e. The molecule has 0 aromatic rings. The predicted molar refractivity (Wildman–Crippen MR) is 53.2 cm³/mol. The normalized spacial score (nSPS) is 31.1. The summed E-state index contributed by atoms with van der Waals surface area (Å²) in [4.78, 5) is 3.25. The van der Waals surface area contributed by atoms with E-state index in [0.717, 1.165) is 10.7 Å². The topological polar surface area (TPSA) is 3.24 Å². The fourth-order valence-corrected chi connectivity index (χ4v) is 2.48. The first-order chi connectivity index (χ1) is 5.09. The molecule has 0 unspecified atom stereocenters. The summed E-state index contributed by atoms with van der Waals surface area (Å²) in [5, 5.41) is 0. The van der Waals surface area contributed by atoms with Crippen molar-refractivity contribution in [3.8, 4) is 0 Å². The molecule has 1 rings (SSSR count). The molecule has 0 amide bonds. The molecule has 0 bridgehead atoms. The van der Waals surface area contributed by atoms with Crippen molar-refractivity contribution in [1.29, 1.82) is 0 Å². The van der Waals surface area contributed by atoms with E-state index in [2.05, 4.69) is 41.7 Å². The van der Waals surface area contributed by atoms with Gasteiger partial charge in [-0.2, -0.15) is 0 Å². The highest BCUT2D eigenvalue weighted by Gasteiger charge is 2.27. The smallest absolute Gasteiger partial charge is 0.0152 e. The van der Waals surface area contributed by atoms with E-state index >= 15 is 0 Å². The zero-order valence-corrected chi connectivity index (χ0v) is 9.26. The monoisotopic (exact) mass is 219 g/mol. The van der Waals surface area contributed by atoms with Crippen molar-refractivity contribution in [2.45, 2.75) is 37.6 Å². The van der Waals surface area contributed by atoms with E-state index in [1.54, 1.807) is 0 Å². The van der Waals surface area contributed by atoms with Crippen molar-refractivity contribution in [3.05, 3.63) is 0 Å². The fourth-order valence-electron chi connectivity index (χ4n) is 1.42. The van der Waals surface area contributed by atoms with Crippen molar-refractivity contribution < 1.29 is 0 Å². The molecule has 2 heteroatoms. The zero-order chi connectivity index (χ0) is 8.43. The van der Waals surface area contributed by atoms with Crippen LogP contribution in [-0.2, 0) is 0 Å². The molecule has 1 nitrogen and oxygen atoms in total. The molecule has 0 aromatic heterocycles. The Labute approximate surface area is 78.3 Å². The summed E-state index contributed by atoms with van der Waals surface area (Å²) >= 11 is 3.61. The molecule has 0 heterocycles. The SMILES string of the molecule is CC(C)N(C)CC1CC(Br)C1. The van der Waals surface area contributed by atoms with Crippen LogP contribution in [0.1, 0.15) is 26.7 Å². The minimum absolute atomic E-state index is 0.698. The van der Waals surface area contributed by atoms with Crippen LogP contribution in [0, 0.1) is 5.92 Å². The quantitative estimate of drug-likeness (QED) is 0.660. The number of hydrogen-bond acceptors (Lipinski definition) is 1. The molecular formula is C9H18BrN. The van der Waals surface area contributed by atoms with Gasteiger partial charge in [0.2, 0.25) is 0 Å². The van der Waals surface area contributed by atoms with E-state index < -0.39 is 0 Å². The molecular weight excluding hydrogens is 202 g/mol. The Morgan fingerprint density at radius 2 is 2.00 bits per heavy atom. The minimum atomic E-state index is 0.698. The van der Waals surface area contributed by atoms with Crippen molar-refractivity contribution in [3.63, 3.8) is 0 Å². The molecule has 1 aliphatic rings. The van der Waals surface area contributed by atoms with Crippen LogP contribution >= 0.6 is 15.9 Å². The zero-order valence-electron chi connectivity index (χ0n) is 7.68. The Bertz CT molecular complexity index is 119. The van der Waals surface area contributed by atoms with Gasteiger partial charge in [0.1, 0.15) is 0 Å². The van der Waals surface area contributed by atoms with Crippen LogP contribution in [-0.4, -0.2) is 29.4 Å². The molecule has 0 spiro atoms. The molecule has 0 radical (unpaired) electrons. The number of nitrogens with zero attached hydrogens (tertiary/aromatic N) is 1.